The smallest absolute Gasteiger partial charge is 0.407 e. The molecule has 0 fully saturated rings. The summed E-state index contributed by atoms with van der Waals surface area (Å²) in [5.41, 5.74) is 0.757. The van der Waals surface area contributed by atoms with Crippen LogP contribution in [0.2, 0.25) is 0 Å². The molecule has 0 aliphatic heterocycles. The van der Waals surface area contributed by atoms with E-state index in [1.54, 1.807) is 0 Å². The first kappa shape index (κ1) is 27.2. The quantitative estimate of drug-likeness (QED) is 0.232. The Bertz CT molecular complexity index is 603. The second-order valence-corrected chi connectivity index (χ2v) is 7.68. The predicted octanol–water partition coefficient (Wildman–Crippen LogP) is 4.07. The molecule has 0 aliphatic carbocycles. The van der Waals surface area contributed by atoms with Crippen molar-refractivity contribution in [2.75, 3.05) is 13.2 Å². The third kappa shape index (κ3) is 18.5. The van der Waals surface area contributed by atoms with Crippen molar-refractivity contribution in [2.45, 2.75) is 71.4 Å². The van der Waals surface area contributed by atoms with Crippen molar-refractivity contribution in [3.8, 4) is 0 Å². The highest BCUT2D eigenvalue weighted by atomic mass is 16.9. The van der Waals surface area contributed by atoms with Crippen molar-refractivity contribution in [3.63, 3.8) is 0 Å². The summed E-state index contributed by atoms with van der Waals surface area (Å²) >= 11 is 0. The Kier molecular flexibility index (Phi) is 14.5. The monoisotopic (exact) mass is 426 g/mol. The lowest BCUT2D eigenvalue weighted by Crippen LogP contribution is -2.38. The van der Waals surface area contributed by atoms with Gasteiger partial charge in [0.2, 0.25) is 0 Å². The summed E-state index contributed by atoms with van der Waals surface area (Å²) in [6.07, 6.45) is 3.62. The van der Waals surface area contributed by atoms with Gasteiger partial charge in [-0.3, -0.25) is 4.79 Å². The van der Waals surface area contributed by atoms with E-state index in [9.17, 15) is 19.7 Å². The van der Waals surface area contributed by atoms with Gasteiger partial charge in [0.15, 0.2) is 0 Å². The van der Waals surface area contributed by atoms with E-state index in [1.807, 2.05) is 58.0 Å². The van der Waals surface area contributed by atoms with Crippen molar-refractivity contribution >= 4 is 12.6 Å². The zero-order valence-electron chi connectivity index (χ0n) is 18.3. The molecule has 0 heterocycles. The highest BCUT2D eigenvalue weighted by Crippen LogP contribution is 2.08. The van der Waals surface area contributed by atoms with E-state index in [0.29, 0.717) is 19.5 Å². The van der Waals surface area contributed by atoms with Crippen LogP contribution in [0.4, 0.5) is 4.79 Å². The van der Waals surface area contributed by atoms with Crippen LogP contribution in [0.15, 0.2) is 30.3 Å². The van der Waals surface area contributed by atoms with Gasteiger partial charge in [0.05, 0.1) is 13.2 Å². The molecule has 0 radical (unpaired) electrons. The highest BCUT2D eigenvalue weighted by Gasteiger charge is 2.17. The van der Waals surface area contributed by atoms with Crippen molar-refractivity contribution < 1.29 is 29.0 Å². The van der Waals surface area contributed by atoms with Crippen LogP contribution in [-0.4, -0.2) is 42.5 Å². The fourth-order valence-electron chi connectivity index (χ4n) is 2.36. The van der Waals surface area contributed by atoms with Crippen LogP contribution in [0.5, 0.6) is 0 Å². The van der Waals surface area contributed by atoms with E-state index in [0.717, 1.165) is 25.7 Å². The van der Waals surface area contributed by atoms with E-state index in [1.165, 1.54) is 5.56 Å². The number of nitrogens with zero attached hydrogens (tertiary/aromatic N) is 1. The average molecular weight is 427 g/mol. The summed E-state index contributed by atoms with van der Waals surface area (Å²) in [5.74, 6) is 0. The lowest BCUT2D eigenvalue weighted by Gasteiger charge is -2.22. The summed E-state index contributed by atoms with van der Waals surface area (Å²) in [4.78, 5) is 35.0. The molecular weight excluding hydrogens is 392 g/mol. The van der Waals surface area contributed by atoms with Crippen LogP contribution < -0.4 is 5.32 Å². The normalized spacial score (nSPS) is 11.3. The van der Waals surface area contributed by atoms with E-state index < -0.39 is 10.7 Å². The molecule has 9 heteroatoms. The minimum Gasteiger partial charge on any atom is -0.468 e. The Morgan fingerprint density at radius 1 is 1.13 bits per heavy atom. The van der Waals surface area contributed by atoms with Crippen LogP contribution in [0.25, 0.3) is 0 Å². The maximum absolute atomic E-state index is 11.5. The maximum Gasteiger partial charge on any atom is 0.407 e. The van der Waals surface area contributed by atoms with E-state index in [2.05, 4.69) is 14.9 Å². The molecule has 0 aromatic heterocycles. The van der Waals surface area contributed by atoms with Gasteiger partial charge in [-0.05, 0) is 58.9 Å². The molecule has 1 amide bonds. The molecule has 0 spiro atoms. The topological polar surface area (TPSA) is 117 Å². The minimum absolute atomic E-state index is 0.0623. The minimum atomic E-state index is -0.796. The second-order valence-electron chi connectivity index (χ2n) is 7.68. The predicted molar refractivity (Wildman–Crippen MR) is 112 cm³/mol. The number of ether oxygens (including phenoxy) is 2. The summed E-state index contributed by atoms with van der Waals surface area (Å²) in [6, 6.07) is 10.1. The summed E-state index contributed by atoms with van der Waals surface area (Å²) in [5, 5.41) is 11.7. The molecule has 1 aromatic carbocycles. The number of unbranched alkanes of at least 4 members (excludes halogenated alkanes) is 3. The van der Waals surface area contributed by atoms with Crippen molar-refractivity contribution in [1.29, 1.82) is 0 Å². The van der Waals surface area contributed by atoms with Gasteiger partial charge in [-0.2, -0.15) is 0 Å². The number of carbonyl (C=O) groups excluding carboxylic acids is 2. The van der Waals surface area contributed by atoms with Gasteiger partial charge >= 0.3 is 6.09 Å². The van der Waals surface area contributed by atoms with Gasteiger partial charge in [0, 0.05) is 6.04 Å². The lowest BCUT2D eigenvalue weighted by molar-refractivity contribution is -0.757. The van der Waals surface area contributed by atoms with E-state index >= 15 is 0 Å². The zero-order chi connectivity index (χ0) is 22.8. The van der Waals surface area contributed by atoms with E-state index in [4.69, 9.17) is 4.74 Å². The first-order valence-electron chi connectivity index (χ1n) is 10.00. The third-order valence-electron chi connectivity index (χ3n) is 3.57. The Balaban J connectivity index is 0.000000584. The van der Waals surface area contributed by atoms with Gasteiger partial charge in [-0.25, -0.2) is 4.79 Å². The largest absolute Gasteiger partial charge is 0.468 e. The molecule has 0 bridgehead atoms. The van der Waals surface area contributed by atoms with Crippen molar-refractivity contribution in [2.24, 2.45) is 0 Å². The number of rotatable bonds is 12. The number of hydrogen-bond donors (Lipinski definition) is 1. The molecule has 1 N–H and O–H groups in total. The SMILES string of the molecule is CC(Cc1ccccc1)NC(=O)OC(C)(C)C.O=COCCCCCCO[N+](=O)[O-]. The van der Waals surface area contributed by atoms with E-state index in [-0.39, 0.29) is 18.7 Å². The van der Waals surface area contributed by atoms with Crippen LogP contribution in [-0.2, 0) is 25.5 Å². The number of amides is 1. The molecule has 170 valence electrons. The Morgan fingerprint density at radius 2 is 1.73 bits per heavy atom. The van der Waals surface area contributed by atoms with Crippen LogP contribution >= 0.6 is 0 Å². The fraction of sp³-hybridized carbons (Fsp3) is 0.619. The first-order valence-corrected chi connectivity index (χ1v) is 10.00. The molecule has 0 saturated heterocycles. The second kappa shape index (κ2) is 16.0. The van der Waals surface area contributed by atoms with Gasteiger partial charge in [0.1, 0.15) is 5.60 Å². The molecule has 9 nitrogen and oxygen atoms in total. The number of carbonyl (C=O) groups is 2. The van der Waals surface area contributed by atoms with Gasteiger partial charge < -0.3 is 19.6 Å². The van der Waals surface area contributed by atoms with Gasteiger partial charge in [0.25, 0.3) is 11.6 Å². The van der Waals surface area contributed by atoms with Crippen LogP contribution in [0, 0.1) is 10.1 Å². The first-order chi connectivity index (χ1) is 14.1. The van der Waals surface area contributed by atoms with Crippen LogP contribution in [0.1, 0.15) is 58.9 Å². The maximum atomic E-state index is 11.5. The molecule has 1 aromatic rings. The number of hydrogen-bond acceptors (Lipinski definition) is 7. The lowest BCUT2D eigenvalue weighted by atomic mass is 10.1. The molecule has 30 heavy (non-hydrogen) atoms. The summed E-state index contributed by atoms with van der Waals surface area (Å²) in [7, 11) is 0. The standard InChI is InChI=1S/C14H21NO2.C7H13NO5/c1-11(10-12-8-6-5-7-9-12)15-13(16)17-14(2,3)4;9-7-12-5-3-1-2-4-6-13-8(10)11/h5-9,11H,10H2,1-4H3,(H,15,16);7H,1-6H2. The van der Waals surface area contributed by atoms with Gasteiger partial charge in [-0.15, -0.1) is 10.1 Å². The zero-order valence-corrected chi connectivity index (χ0v) is 18.3. The third-order valence-corrected chi connectivity index (χ3v) is 3.57. The summed E-state index contributed by atoms with van der Waals surface area (Å²) < 4.78 is 9.65. The highest BCUT2D eigenvalue weighted by molar-refractivity contribution is 5.68. The van der Waals surface area contributed by atoms with Crippen LogP contribution in [0.3, 0.4) is 0 Å². The molecule has 0 saturated carbocycles. The van der Waals surface area contributed by atoms with Crippen molar-refractivity contribution in [3.05, 3.63) is 46.0 Å². The Hall–Kier alpha value is -2.84. The Morgan fingerprint density at radius 3 is 2.27 bits per heavy atom. The van der Waals surface area contributed by atoms with Crippen molar-refractivity contribution in [1.82, 2.24) is 5.32 Å². The molecular formula is C21H34N2O7. The number of nitrogens with one attached hydrogen (secondary N) is 1. The molecule has 1 rings (SSSR count). The molecule has 1 unspecified atom stereocenters. The molecule has 0 aliphatic rings. The fourth-order valence-corrected chi connectivity index (χ4v) is 2.36. The van der Waals surface area contributed by atoms with Gasteiger partial charge in [-0.1, -0.05) is 36.8 Å². The summed E-state index contributed by atoms with van der Waals surface area (Å²) in [6.45, 7) is 8.51. The number of alkyl carbamates (subject to hydrolysis) is 1. The molecule has 1 atom stereocenters. The average Bonchev–Trinajstić information content (AvgIpc) is 2.63. The Labute approximate surface area is 178 Å². The number of benzene rings is 1.